The number of carbonyl (C=O) groups is 3. The van der Waals surface area contributed by atoms with Gasteiger partial charge in [0.15, 0.2) is 6.61 Å². The summed E-state index contributed by atoms with van der Waals surface area (Å²) in [6.45, 7) is 5.14. The van der Waals surface area contributed by atoms with E-state index in [1.54, 1.807) is 13.0 Å². The molecule has 0 spiro atoms. The lowest BCUT2D eigenvalue weighted by Crippen LogP contribution is -2.37. The van der Waals surface area contributed by atoms with Gasteiger partial charge in [-0.05, 0) is 32.4 Å². The summed E-state index contributed by atoms with van der Waals surface area (Å²) in [5.74, 6) is -1.38. The summed E-state index contributed by atoms with van der Waals surface area (Å²) in [4.78, 5) is 34.3. The molecule has 0 unspecified atom stereocenters. The van der Waals surface area contributed by atoms with Crippen molar-refractivity contribution in [2.75, 3.05) is 25.1 Å². The molecule has 7 heteroatoms. The zero-order valence-corrected chi connectivity index (χ0v) is 12.9. The van der Waals surface area contributed by atoms with E-state index in [1.165, 1.54) is 0 Å². The fourth-order valence-electron chi connectivity index (χ4n) is 1.64. The van der Waals surface area contributed by atoms with Gasteiger partial charge in [-0.2, -0.15) is 0 Å². The maximum Gasteiger partial charge on any atom is 0.332 e. The smallest absolute Gasteiger partial charge is 0.332 e. The van der Waals surface area contributed by atoms with Crippen molar-refractivity contribution >= 4 is 23.6 Å². The van der Waals surface area contributed by atoms with Crippen LogP contribution < -0.4 is 10.6 Å². The molecule has 0 aliphatic heterocycles. The van der Waals surface area contributed by atoms with Crippen LogP contribution in [-0.2, 0) is 19.1 Å². The highest BCUT2D eigenvalue weighted by Crippen LogP contribution is 2.15. The van der Waals surface area contributed by atoms with Gasteiger partial charge in [0.05, 0.1) is 0 Å². The van der Waals surface area contributed by atoms with Crippen LogP contribution >= 0.6 is 0 Å². The van der Waals surface area contributed by atoms with Gasteiger partial charge in [0.25, 0.3) is 5.91 Å². The first kappa shape index (κ1) is 17.6. The predicted octanol–water partition coefficient (Wildman–Crippen LogP) is 1.53. The largest absolute Gasteiger partial charge is 0.454 e. The Morgan fingerprint density at radius 3 is 2.50 bits per heavy atom. The Morgan fingerprint density at radius 1 is 1.14 bits per heavy atom. The van der Waals surface area contributed by atoms with Crippen molar-refractivity contribution in [3.05, 3.63) is 29.3 Å². The van der Waals surface area contributed by atoms with E-state index in [9.17, 15) is 14.4 Å². The van der Waals surface area contributed by atoms with Crippen molar-refractivity contribution < 1.29 is 23.9 Å². The summed E-state index contributed by atoms with van der Waals surface area (Å²) in [7, 11) is 0. The number of imide groups is 1. The standard InChI is InChI=1S/C15H20N2O5/c1-4-21-9-14(19)22-8-13(18)17-15(20)16-12-6-5-10(2)7-11(12)3/h5-7H,4,8-9H2,1-3H3,(H2,16,17,18,20). The lowest BCUT2D eigenvalue weighted by molar-refractivity contribution is -0.152. The number of rotatable bonds is 6. The van der Waals surface area contributed by atoms with Crippen molar-refractivity contribution in [2.24, 2.45) is 0 Å². The molecule has 0 aliphatic rings. The van der Waals surface area contributed by atoms with E-state index in [4.69, 9.17) is 4.74 Å². The number of hydrogen-bond donors (Lipinski definition) is 2. The number of anilines is 1. The highest BCUT2D eigenvalue weighted by atomic mass is 16.6. The monoisotopic (exact) mass is 308 g/mol. The molecule has 2 N–H and O–H groups in total. The first-order valence-electron chi connectivity index (χ1n) is 6.83. The topological polar surface area (TPSA) is 93.7 Å². The molecule has 0 bridgehead atoms. The Labute approximate surface area is 129 Å². The van der Waals surface area contributed by atoms with Gasteiger partial charge in [-0.1, -0.05) is 17.7 Å². The van der Waals surface area contributed by atoms with Crippen molar-refractivity contribution in [2.45, 2.75) is 20.8 Å². The van der Waals surface area contributed by atoms with Gasteiger partial charge in [0, 0.05) is 12.3 Å². The lowest BCUT2D eigenvalue weighted by atomic mass is 10.1. The number of esters is 1. The number of hydrogen-bond acceptors (Lipinski definition) is 5. The van der Waals surface area contributed by atoms with Crippen LogP contribution in [0.15, 0.2) is 18.2 Å². The molecule has 120 valence electrons. The van der Waals surface area contributed by atoms with Crippen molar-refractivity contribution in [3.63, 3.8) is 0 Å². The van der Waals surface area contributed by atoms with E-state index < -0.39 is 24.5 Å². The average molecular weight is 308 g/mol. The molecule has 0 fully saturated rings. The number of benzene rings is 1. The highest BCUT2D eigenvalue weighted by Gasteiger charge is 2.11. The maximum atomic E-state index is 11.7. The number of urea groups is 1. The Hall–Kier alpha value is -2.41. The van der Waals surface area contributed by atoms with Crippen LogP contribution in [0, 0.1) is 13.8 Å². The highest BCUT2D eigenvalue weighted by molar-refractivity contribution is 6.02. The number of ether oxygens (including phenoxy) is 2. The maximum absolute atomic E-state index is 11.7. The number of nitrogens with one attached hydrogen (secondary N) is 2. The van der Waals surface area contributed by atoms with Crippen molar-refractivity contribution in [3.8, 4) is 0 Å². The molecule has 1 rings (SSSR count). The number of carbonyl (C=O) groups excluding carboxylic acids is 3. The third kappa shape index (κ3) is 6.36. The van der Waals surface area contributed by atoms with Crippen molar-refractivity contribution in [1.29, 1.82) is 0 Å². The summed E-state index contributed by atoms with van der Waals surface area (Å²) < 4.78 is 9.47. The van der Waals surface area contributed by atoms with Gasteiger partial charge in [-0.3, -0.25) is 10.1 Å². The summed E-state index contributed by atoms with van der Waals surface area (Å²) in [6.07, 6.45) is 0. The van der Waals surface area contributed by atoms with Crippen LogP contribution in [0.2, 0.25) is 0 Å². The van der Waals surface area contributed by atoms with E-state index in [1.807, 2.05) is 26.0 Å². The Balaban J connectivity index is 2.38. The minimum atomic E-state index is -0.716. The molecule has 0 radical (unpaired) electrons. The Morgan fingerprint density at radius 2 is 1.86 bits per heavy atom. The van der Waals surface area contributed by atoms with Crippen LogP contribution in [-0.4, -0.2) is 37.7 Å². The van der Waals surface area contributed by atoms with Crippen LogP contribution in [0.1, 0.15) is 18.1 Å². The van der Waals surface area contributed by atoms with Gasteiger partial charge in [-0.15, -0.1) is 0 Å². The summed E-state index contributed by atoms with van der Waals surface area (Å²) >= 11 is 0. The molecule has 0 saturated heterocycles. The third-order valence-electron chi connectivity index (χ3n) is 2.67. The molecule has 22 heavy (non-hydrogen) atoms. The van der Waals surface area contributed by atoms with Crippen LogP contribution in [0.25, 0.3) is 0 Å². The predicted molar refractivity (Wildman–Crippen MR) is 80.5 cm³/mol. The molecule has 0 heterocycles. The van der Waals surface area contributed by atoms with Gasteiger partial charge >= 0.3 is 12.0 Å². The van der Waals surface area contributed by atoms with Gasteiger partial charge in [0.1, 0.15) is 6.61 Å². The second-order valence-corrected chi connectivity index (χ2v) is 4.62. The van der Waals surface area contributed by atoms with E-state index >= 15 is 0 Å². The fourth-order valence-corrected chi connectivity index (χ4v) is 1.64. The normalized spacial score (nSPS) is 9.95. The van der Waals surface area contributed by atoms with Crippen LogP contribution in [0.3, 0.4) is 0 Å². The zero-order valence-electron chi connectivity index (χ0n) is 12.9. The summed E-state index contributed by atoms with van der Waals surface area (Å²) in [5, 5.41) is 4.63. The third-order valence-corrected chi connectivity index (χ3v) is 2.67. The molecule has 7 nitrogen and oxygen atoms in total. The SMILES string of the molecule is CCOCC(=O)OCC(=O)NC(=O)Nc1ccc(C)cc1C. The molecule has 0 aromatic heterocycles. The fraction of sp³-hybridized carbons (Fsp3) is 0.400. The number of aryl methyl sites for hydroxylation is 2. The molecular formula is C15H20N2O5. The Bertz CT molecular complexity index is 557. The molecule has 0 atom stereocenters. The second-order valence-electron chi connectivity index (χ2n) is 4.62. The quantitative estimate of drug-likeness (QED) is 0.777. The van der Waals surface area contributed by atoms with E-state index in [0.29, 0.717) is 12.3 Å². The first-order chi connectivity index (χ1) is 10.4. The van der Waals surface area contributed by atoms with E-state index in [-0.39, 0.29) is 6.61 Å². The minimum Gasteiger partial charge on any atom is -0.454 e. The minimum absolute atomic E-state index is 0.224. The molecule has 0 aliphatic carbocycles. The molecule has 3 amide bonds. The summed E-state index contributed by atoms with van der Waals surface area (Å²) in [6, 6.07) is 4.82. The van der Waals surface area contributed by atoms with Crippen LogP contribution in [0.4, 0.5) is 10.5 Å². The van der Waals surface area contributed by atoms with Gasteiger partial charge < -0.3 is 14.8 Å². The van der Waals surface area contributed by atoms with Gasteiger partial charge in [0.2, 0.25) is 0 Å². The second kappa shape index (κ2) is 8.78. The molecule has 1 aromatic rings. The van der Waals surface area contributed by atoms with E-state index in [2.05, 4.69) is 15.4 Å². The number of amides is 3. The van der Waals surface area contributed by atoms with E-state index in [0.717, 1.165) is 11.1 Å². The van der Waals surface area contributed by atoms with Crippen LogP contribution in [0.5, 0.6) is 0 Å². The average Bonchev–Trinajstić information content (AvgIpc) is 2.46. The Kier molecular flexibility index (Phi) is 7.04. The lowest BCUT2D eigenvalue weighted by Gasteiger charge is -2.10. The van der Waals surface area contributed by atoms with Crippen molar-refractivity contribution in [1.82, 2.24) is 5.32 Å². The van der Waals surface area contributed by atoms with Gasteiger partial charge in [-0.25, -0.2) is 9.59 Å². The molecule has 0 saturated carbocycles. The summed E-state index contributed by atoms with van der Waals surface area (Å²) in [5.41, 5.74) is 2.55. The molecule has 1 aromatic carbocycles. The molecular weight excluding hydrogens is 288 g/mol. The zero-order chi connectivity index (χ0) is 16.5. The first-order valence-corrected chi connectivity index (χ1v) is 6.83.